The maximum absolute atomic E-state index is 14.1. The molecule has 4 nitrogen and oxygen atoms in total. The van der Waals surface area contributed by atoms with E-state index in [0.717, 1.165) is 10.9 Å². The van der Waals surface area contributed by atoms with Gasteiger partial charge in [0, 0.05) is 28.6 Å². The molecule has 3 N–H and O–H groups in total. The van der Waals surface area contributed by atoms with Gasteiger partial charge in [0.25, 0.3) is 0 Å². The van der Waals surface area contributed by atoms with E-state index in [1.165, 1.54) is 17.4 Å². The van der Waals surface area contributed by atoms with Crippen molar-refractivity contribution in [3.05, 3.63) is 50.9 Å². The normalized spacial score (nSPS) is 11.8. The van der Waals surface area contributed by atoms with E-state index < -0.39 is 20.7 Å². The molecule has 0 atom stereocenters. The SMILES string of the molecule is NCc1cc(Cl)cc(S(=O)(=O)NCCc2cccs2)c1F. The van der Waals surface area contributed by atoms with E-state index >= 15 is 0 Å². The summed E-state index contributed by atoms with van der Waals surface area (Å²) in [6.07, 6.45) is 0.544. The van der Waals surface area contributed by atoms with Gasteiger partial charge in [0.2, 0.25) is 10.0 Å². The minimum absolute atomic E-state index is 0.0705. The van der Waals surface area contributed by atoms with Gasteiger partial charge in [-0.3, -0.25) is 0 Å². The summed E-state index contributed by atoms with van der Waals surface area (Å²) in [5, 5.41) is 2.05. The van der Waals surface area contributed by atoms with Crippen molar-refractivity contribution in [2.24, 2.45) is 5.73 Å². The summed E-state index contributed by atoms with van der Waals surface area (Å²) in [6, 6.07) is 6.20. The van der Waals surface area contributed by atoms with Crippen molar-refractivity contribution in [3.8, 4) is 0 Å². The quantitative estimate of drug-likeness (QED) is 0.842. The van der Waals surface area contributed by atoms with E-state index in [9.17, 15) is 12.8 Å². The molecule has 0 saturated heterocycles. The third-order valence-corrected chi connectivity index (χ3v) is 5.45. The molecular formula is C13H14ClFN2O2S2. The summed E-state index contributed by atoms with van der Waals surface area (Å²) in [5.41, 5.74) is 5.45. The number of hydrogen-bond donors (Lipinski definition) is 2. The Morgan fingerprint density at radius 1 is 1.38 bits per heavy atom. The Labute approximate surface area is 131 Å². The number of rotatable bonds is 6. The van der Waals surface area contributed by atoms with Crippen LogP contribution >= 0.6 is 22.9 Å². The molecule has 21 heavy (non-hydrogen) atoms. The van der Waals surface area contributed by atoms with Crippen molar-refractivity contribution in [2.45, 2.75) is 17.9 Å². The first kappa shape index (κ1) is 16.4. The highest BCUT2D eigenvalue weighted by Gasteiger charge is 2.21. The Hall–Kier alpha value is -0.990. The molecule has 1 heterocycles. The smallest absolute Gasteiger partial charge is 0.243 e. The molecule has 0 unspecified atom stereocenters. The molecule has 0 aliphatic rings. The highest BCUT2D eigenvalue weighted by atomic mass is 35.5. The molecule has 2 rings (SSSR count). The predicted molar refractivity (Wildman–Crippen MR) is 82.5 cm³/mol. The van der Waals surface area contributed by atoms with Crippen molar-refractivity contribution in [1.82, 2.24) is 4.72 Å². The van der Waals surface area contributed by atoms with Gasteiger partial charge in [0.05, 0.1) is 0 Å². The number of hydrogen-bond acceptors (Lipinski definition) is 4. The summed E-state index contributed by atoms with van der Waals surface area (Å²) >= 11 is 7.34. The maximum Gasteiger partial charge on any atom is 0.243 e. The first-order valence-electron chi connectivity index (χ1n) is 6.14. The van der Waals surface area contributed by atoms with Crippen molar-refractivity contribution >= 4 is 33.0 Å². The van der Waals surface area contributed by atoms with Crippen LogP contribution in [0, 0.1) is 5.82 Å². The van der Waals surface area contributed by atoms with Crippen LogP contribution in [0.5, 0.6) is 0 Å². The van der Waals surface area contributed by atoms with E-state index in [4.69, 9.17) is 17.3 Å². The van der Waals surface area contributed by atoms with Gasteiger partial charge >= 0.3 is 0 Å². The van der Waals surface area contributed by atoms with E-state index in [0.29, 0.717) is 6.42 Å². The number of nitrogens with one attached hydrogen (secondary N) is 1. The summed E-state index contributed by atoms with van der Waals surface area (Å²) in [7, 11) is -3.96. The van der Waals surface area contributed by atoms with Crippen LogP contribution in [0.3, 0.4) is 0 Å². The zero-order valence-corrected chi connectivity index (χ0v) is 13.4. The fourth-order valence-electron chi connectivity index (χ4n) is 1.80. The predicted octanol–water partition coefficient (Wildman–Crippen LogP) is 2.52. The Bertz CT molecular complexity index is 718. The van der Waals surface area contributed by atoms with Crippen LogP contribution in [0.2, 0.25) is 5.02 Å². The molecule has 0 aliphatic carbocycles. The number of halogens is 2. The average molecular weight is 349 g/mol. The fraction of sp³-hybridized carbons (Fsp3) is 0.231. The third kappa shape index (κ3) is 4.02. The second-order valence-electron chi connectivity index (χ2n) is 4.31. The van der Waals surface area contributed by atoms with Crippen molar-refractivity contribution in [1.29, 1.82) is 0 Å². The molecular weight excluding hydrogens is 335 g/mol. The van der Waals surface area contributed by atoms with Crippen LogP contribution in [0.25, 0.3) is 0 Å². The lowest BCUT2D eigenvalue weighted by atomic mass is 10.2. The van der Waals surface area contributed by atoms with Crippen LogP contribution in [-0.4, -0.2) is 15.0 Å². The molecule has 0 bridgehead atoms. The van der Waals surface area contributed by atoms with Gasteiger partial charge in [-0.15, -0.1) is 11.3 Å². The number of sulfonamides is 1. The van der Waals surface area contributed by atoms with Crippen LogP contribution in [-0.2, 0) is 23.0 Å². The minimum Gasteiger partial charge on any atom is -0.326 e. The van der Waals surface area contributed by atoms with Gasteiger partial charge in [-0.25, -0.2) is 17.5 Å². The largest absolute Gasteiger partial charge is 0.326 e. The summed E-state index contributed by atoms with van der Waals surface area (Å²) in [4.78, 5) is 0.577. The van der Waals surface area contributed by atoms with Crippen LogP contribution in [0.15, 0.2) is 34.5 Å². The molecule has 1 aromatic heterocycles. The number of thiophene rings is 1. The van der Waals surface area contributed by atoms with Crippen molar-refractivity contribution in [3.63, 3.8) is 0 Å². The molecule has 8 heteroatoms. The maximum atomic E-state index is 14.1. The molecule has 0 amide bonds. The Kier molecular flexibility index (Phi) is 5.34. The van der Waals surface area contributed by atoms with Gasteiger partial charge in [0.15, 0.2) is 0 Å². The molecule has 2 aromatic rings. The van der Waals surface area contributed by atoms with Crippen LogP contribution in [0.1, 0.15) is 10.4 Å². The second-order valence-corrected chi connectivity index (χ2v) is 7.51. The Morgan fingerprint density at radius 2 is 2.14 bits per heavy atom. The van der Waals surface area contributed by atoms with Crippen LogP contribution < -0.4 is 10.5 Å². The van der Waals surface area contributed by atoms with Gasteiger partial charge in [-0.05, 0) is 30.0 Å². The monoisotopic (exact) mass is 348 g/mol. The summed E-state index contributed by atoms with van der Waals surface area (Å²) < 4.78 is 40.8. The molecule has 0 radical (unpaired) electrons. The molecule has 0 aliphatic heterocycles. The van der Waals surface area contributed by atoms with E-state index in [-0.39, 0.29) is 23.7 Å². The first-order chi connectivity index (χ1) is 9.94. The van der Waals surface area contributed by atoms with Gasteiger partial charge in [-0.1, -0.05) is 17.7 Å². The van der Waals surface area contributed by atoms with Crippen molar-refractivity contribution in [2.75, 3.05) is 6.54 Å². The Balaban J connectivity index is 2.17. The van der Waals surface area contributed by atoms with E-state index in [1.54, 1.807) is 0 Å². The van der Waals surface area contributed by atoms with Crippen LogP contribution in [0.4, 0.5) is 4.39 Å². The number of benzene rings is 1. The molecule has 0 spiro atoms. The summed E-state index contributed by atoms with van der Waals surface area (Å²) in [5.74, 6) is -0.856. The average Bonchev–Trinajstić information content (AvgIpc) is 2.93. The van der Waals surface area contributed by atoms with Gasteiger partial charge < -0.3 is 5.73 Å². The second kappa shape index (κ2) is 6.85. The lowest BCUT2D eigenvalue weighted by Gasteiger charge is -2.10. The molecule has 114 valence electrons. The van der Waals surface area contributed by atoms with E-state index in [1.807, 2.05) is 17.5 Å². The highest BCUT2D eigenvalue weighted by molar-refractivity contribution is 7.89. The Morgan fingerprint density at radius 3 is 2.76 bits per heavy atom. The molecule has 1 aromatic carbocycles. The highest BCUT2D eigenvalue weighted by Crippen LogP contribution is 2.23. The molecule has 0 fully saturated rings. The van der Waals surface area contributed by atoms with Gasteiger partial charge in [0.1, 0.15) is 10.7 Å². The lowest BCUT2D eigenvalue weighted by Crippen LogP contribution is -2.27. The third-order valence-electron chi connectivity index (χ3n) is 2.83. The van der Waals surface area contributed by atoms with Crippen molar-refractivity contribution < 1.29 is 12.8 Å². The number of nitrogens with two attached hydrogens (primary N) is 1. The topological polar surface area (TPSA) is 72.2 Å². The molecule has 0 saturated carbocycles. The first-order valence-corrected chi connectivity index (χ1v) is 8.88. The van der Waals surface area contributed by atoms with Gasteiger partial charge in [-0.2, -0.15) is 0 Å². The fourth-order valence-corrected chi connectivity index (χ4v) is 3.99. The minimum atomic E-state index is -3.96. The lowest BCUT2D eigenvalue weighted by molar-refractivity contribution is 0.550. The standard InChI is InChI=1S/C13H14ClFN2O2S2/c14-10-6-9(8-16)13(15)12(7-10)21(18,19)17-4-3-11-2-1-5-20-11/h1-2,5-7,17H,3-4,8,16H2. The zero-order chi connectivity index (χ0) is 15.5. The summed E-state index contributed by atoms with van der Waals surface area (Å²) in [6.45, 7) is 0.0663. The van der Waals surface area contributed by atoms with E-state index in [2.05, 4.69) is 4.72 Å². The zero-order valence-electron chi connectivity index (χ0n) is 11.0.